The van der Waals surface area contributed by atoms with Crippen molar-refractivity contribution in [1.82, 2.24) is 0 Å². The number of hydrogen-bond acceptors (Lipinski definition) is 5. The quantitative estimate of drug-likeness (QED) is 0.814. The Balaban J connectivity index is 2.17. The number of thiophene rings is 1. The maximum atomic E-state index is 11.7. The van der Waals surface area contributed by atoms with Crippen LogP contribution in [0, 0.1) is 5.92 Å². The molecule has 0 fully saturated rings. The number of rotatable bonds is 5. The van der Waals surface area contributed by atoms with Gasteiger partial charge in [-0.3, -0.25) is 9.59 Å². The molecule has 1 aromatic rings. The fourth-order valence-corrected chi connectivity index (χ4v) is 3.78. The first-order valence-electron chi connectivity index (χ1n) is 6.80. The monoisotopic (exact) mass is 296 g/mol. The Kier molecular flexibility index (Phi) is 4.65. The summed E-state index contributed by atoms with van der Waals surface area (Å²) < 4.78 is 4.69. The van der Waals surface area contributed by atoms with Gasteiger partial charge in [0.1, 0.15) is 5.00 Å². The first-order chi connectivity index (χ1) is 9.54. The van der Waals surface area contributed by atoms with Gasteiger partial charge in [-0.05, 0) is 31.2 Å². The van der Waals surface area contributed by atoms with Crippen LogP contribution in [0.15, 0.2) is 0 Å². The first kappa shape index (κ1) is 14.8. The molecule has 0 radical (unpaired) electrons. The van der Waals surface area contributed by atoms with E-state index in [9.17, 15) is 9.59 Å². The Hall–Kier alpha value is -1.56. The van der Waals surface area contributed by atoms with Crippen molar-refractivity contribution in [1.29, 1.82) is 0 Å². The molecule has 0 bridgehead atoms. The van der Waals surface area contributed by atoms with E-state index in [4.69, 9.17) is 10.5 Å². The van der Waals surface area contributed by atoms with E-state index in [-0.39, 0.29) is 11.9 Å². The minimum atomic E-state index is -0.391. The van der Waals surface area contributed by atoms with Gasteiger partial charge in [0.25, 0.3) is 5.91 Å². The summed E-state index contributed by atoms with van der Waals surface area (Å²) in [6.07, 6.45) is 4.18. The second kappa shape index (κ2) is 6.26. The summed E-state index contributed by atoms with van der Waals surface area (Å²) in [7, 11) is 1.37. The number of hydrogen-bond donors (Lipinski definition) is 2. The van der Waals surface area contributed by atoms with Crippen LogP contribution in [0.1, 0.15) is 40.6 Å². The van der Waals surface area contributed by atoms with Gasteiger partial charge in [-0.2, -0.15) is 0 Å². The molecule has 6 heteroatoms. The van der Waals surface area contributed by atoms with Gasteiger partial charge in [-0.25, -0.2) is 0 Å². The summed E-state index contributed by atoms with van der Waals surface area (Å²) in [5.74, 6) is -0.920. The number of fused-ring (bicyclic) bond motifs is 1. The molecular weight excluding hydrogens is 276 g/mol. The van der Waals surface area contributed by atoms with Crippen molar-refractivity contribution in [3.05, 3.63) is 16.0 Å². The van der Waals surface area contributed by atoms with Gasteiger partial charge < -0.3 is 15.8 Å². The zero-order valence-electron chi connectivity index (χ0n) is 11.8. The number of carbonyl (C=O) groups excluding carboxylic acids is 2. The van der Waals surface area contributed by atoms with Crippen LogP contribution in [0.25, 0.3) is 0 Å². The third-order valence-electron chi connectivity index (χ3n) is 3.59. The number of anilines is 1. The van der Waals surface area contributed by atoms with Crippen LogP contribution in [0.5, 0.6) is 0 Å². The normalized spacial score (nSPS) is 15.3. The van der Waals surface area contributed by atoms with E-state index in [0.717, 1.165) is 36.2 Å². The highest BCUT2D eigenvalue weighted by molar-refractivity contribution is 7.16. The zero-order chi connectivity index (χ0) is 14.7. The van der Waals surface area contributed by atoms with E-state index >= 15 is 0 Å². The molecule has 1 aliphatic carbocycles. The standard InChI is InChI=1S/C14H20N2O3S/c1-8(14(18)19-2)7-16-13-11(12(15)17)9-5-3-4-6-10(9)20-13/h8,16H,3-7H2,1-2H3,(H2,15,17). The van der Waals surface area contributed by atoms with Crippen molar-refractivity contribution in [3.63, 3.8) is 0 Å². The maximum Gasteiger partial charge on any atom is 0.310 e. The summed E-state index contributed by atoms with van der Waals surface area (Å²) in [5, 5.41) is 3.98. The Morgan fingerprint density at radius 3 is 2.75 bits per heavy atom. The molecule has 110 valence electrons. The minimum absolute atomic E-state index is 0.264. The Labute approximate surface area is 122 Å². The predicted octanol–water partition coefficient (Wildman–Crippen LogP) is 1.95. The smallest absolute Gasteiger partial charge is 0.310 e. The molecular formula is C14H20N2O3S. The molecule has 1 atom stereocenters. The van der Waals surface area contributed by atoms with Gasteiger partial charge in [0.15, 0.2) is 0 Å². The number of primary amides is 1. The van der Waals surface area contributed by atoms with Gasteiger partial charge in [0.2, 0.25) is 0 Å². The second-order valence-electron chi connectivity index (χ2n) is 5.08. The third kappa shape index (κ3) is 2.95. The fourth-order valence-electron chi connectivity index (χ4n) is 2.48. The lowest BCUT2D eigenvalue weighted by Crippen LogP contribution is -2.22. The largest absolute Gasteiger partial charge is 0.469 e. The van der Waals surface area contributed by atoms with E-state index in [0.29, 0.717) is 12.1 Å². The summed E-state index contributed by atoms with van der Waals surface area (Å²) in [6, 6.07) is 0. The molecule has 2 rings (SSSR count). The minimum Gasteiger partial charge on any atom is -0.469 e. The van der Waals surface area contributed by atoms with Gasteiger partial charge in [0.05, 0.1) is 18.6 Å². The number of methoxy groups -OCH3 is 1. The summed E-state index contributed by atoms with van der Waals surface area (Å²) in [5.41, 5.74) is 7.22. The molecule has 1 aromatic heterocycles. The van der Waals surface area contributed by atoms with Gasteiger partial charge >= 0.3 is 5.97 Å². The van der Waals surface area contributed by atoms with E-state index in [1.54, 1.807) is 18.3 Å². The summed E-state index contributed by atoms with van der Waals surface area (Å²) in [4.78, 5) is 24.3. The molecule has 1 amide bonds. The summed E-state index contributed by atoms with van der Waals surface area (Å²) >= 11 is 1.59. The molecule has 1 aliphatic rings. The SMILES string of the molecule is COC(=O)C(C)CNc1sc2c(c1C(N)=O)CCCC2. The fraction of sp³-hybridized carbons (Fsp3) is 0.571. The lowest BCUT2D eigenvalue weighted by atomic mass is 9.95. The number of ether oxygens (including phenoxy) is 1. The van der Waals surface area contributed by atoms with Crippen molar-refractivity contribution >= 4 is 28.2 Å². The number of amides is 1. The first-order valence-corrected chi connectivity index (χ1v) is 7.62. The molecule has 1 heterocycles. The van der Waals surface area contributed by atoms with Crippen LogP contribution < -0.4 is 11.1 Å². The lowest BCUT2D eigenvalue weighted by Gasteiger charge is -2.12. The molecule has 1 unspecified atom stereocenters. The van der Waals surface area contributed by atoms with Gasteiger partial charge in [-0.1, -0.05) is 6.92 Å². The van der Waals surface area contributed by atoms with E-state index in [1.807, 2.05) is 0 Å². The average Bonchev–Trinajstić information content (AvgIpc) is 2.82. The molecule has 0 aromatic carbocycles. The number of nitrogens with two attached hydrogens (primary N) is 1. The van der Waals surface area contributed by atoms with Gasteiger partial charge in [-0.15, -0.1) is 11.3 Å². The maximum absolute atomic E-state index is 11.7. The molecule has 0 saturated carbocycles. The average molecular weight is 296 g/mol. The van der Waals surface area contributed by atoms with Crippen molar-refractivity contribution in [2.45, 2.75) is 32.6 Å². The van der Waals surface area contributed by atoms with Crippen LogP contribution in [0.4, 0.5) is 5.00 Å². The highest BCUT2D eigenvalue weighted by Gasteiger charge is 2.24. The highest BCUT2D eigenvalue weighted by atomic mass is 32.1. The van der Waals surface area contributed by atoms with Gasteiger partial charge in [0, 0.05) is 11.4 Å². The highest BCUT2D eigenvalue weighted by Crippen LogP contribution is 2.37. The third-order valence-corrected chi connectivity index (χ3v) is 4.84. The Morgan fingerprint density at radius 1 is 1.40 bits per heavy atom. The van der Waals surface area contributed by atoms with Crippen molar-refractivity contribution < 1.29 is 14.3 Å². The van der Waals surface area contributed by atoms with Crippen LogP contribution >= 0.6 is 11.3 Å². The Morgan fingerprint density at radius 2 is 2.10 bits per heavy atom. The van der Waals surface area contributed by atoms with E-state index in [2.05, 4.69) is 5.32 Å². The molecule has 5 nitrogen and oxygen atoms in total. The number of aryl methyl sites for hydroxylation is 1. The zero-order valence-corrected chi connectivity index (χ0v) is 12.6. The molecule has 0 aliphatic heterocycles. The number of nitrogens with one attached hydrogen (secondary N) is 1. The van der Waals surface area contributed by atoms with Crippen molar-refractivity contribution in [2.75, 3.05) is 19.0 Å². The summed E-state index contributed by atoms with van der Waals surface area (Å²) in [6.45, 7) is 2.22. The molecule has 0 saturated heterocycles. The second-order valence-corrected chi connectivity index (χ2v) is 6.19. The van der Waals surface area contributed by atoms with Crippen LogP contribution in [-0.4, -0.2) is 25.5 Å². The molecule has 20 heavy (non-hydrogen) atoms. The number of esters is 1. The topological polar surface area (TPSA) is 81.4 Å². The van der Waals surface area contributed by atoms with Crippen LogP contribution in [-0.2, 0) is 22.4 Å². The van der Waals surface area contributed by atoms with Crippen LogP contribution in [0.2, 0.25) is 0 Å². The lowest BCUT2D eigenvalue weighted by molar-refractivity contribution is -0.144. The van der Waals surface area contributed by atoms with E-state index < -0.39 is 5.91 Å². The number of carbonyl (C=O) groups is 2. The van der Waals surface area contributed by atoms with E-state index in [1.165, 1.54) is 12.0 Å². The predicted molar refractivity (Wildman–Crippen MR) is 79.1 cm³/mol. The molecule has 3 N–H and O–H groups in total. The van der Waals surface area contributed by atoms with Crippen molar-refractivity contribution in [2.24, 2.45) is 11.7 Å². The van der Waals surface area contributed by atoms with Crippen LogP contribution in [0.3, 0.4) is 0 Å². The van der Waals surface area contributed by atoms with Crippen molar-refractivity contribution in [3.8, 4) is 0 Å². The molecule has 0 spiro atoms. The Bertz CT molecular complexity index is 525.